The molecule has 2 aliphatic rings. The first-order valence-electron chi connectivity index (χ1n) is 14.0. The second-order valence-corrected chi connectivity index (χ2v) is 11.4. The summed E-state index contributed by atoms with van der Waals surface area (Å²) >= 11 is 0. The number of halogens is 12. The van der Waals surface area contributed by atoms with E-state index < -0.39 is 64.0 Å². The molecular weight excluding hydrogens is 648 g/mol. The van der Waals surface area contributed by atoms with E-state index in [2.05, 4.69) is 0 Å². The largest absolute Gasteiger partial charge is 0.416 e. The zero-order valence-electron chi connectivity index (χ0n) is 23.9. The SMILES string of the molecule is CC1C(c2cc(C(F)(F)F)cc(C(F)(F)F)c2)=C(C2=C(c3cc(C(F)(F)F)cc(C(F)(F)F)c3)Cc3ccccc32)c2ccccc21. The average molecular weight is 669 g/mol. The van der Waals surface area contributed by atoms with Gasteiger partial charge in [0.25, 0.3) is 0 Å². The van der Waals surface area contributed by atoms with Crippen molar-refractivity contribution < 1.29 is 52.7 Å². The van der Waals surface area contributed by atoms with Crippen LogP contribution in [0.2, 0.25) is 0 Å². The highest BCUT2D eigenvalue weighted by Gasteiger charge is 2.42. The van der Waals surface area contributed by atoms with Gasteiger partial charge in [0.15, 0.2) is 0 Å². The van der Waals surface area contributed by atoms with E-state index in [1.54, 1.807) is 55.5 Å². The Bertz CT molecular complexity index is 1900. The Morgan fingerprint density at radius 3 is 1.40 bits per heavy atom. The van der Waals surface area contributed by atoms with Crippen molar-refractivity contribution in [3.05, 3.63) is 141 Å². The van der Waals surface area contributed by atoms with Gasteiger partial charge < -0.3 is 0 Å². The summed E-state index contributed by atoms with van der Waals surface area (Å²) in [6.45, 7) is 1.57. The normalized spacial score (nSPS) is 17.0. The van der Waals surface area contributed by atoms with Crippen molar-refractivity contribution in [2.24, 2.45) is 0 Å². The van der Waals surface area contributed by atoms with Gasteiger partial charge in [-0.15, -0.1) is 0 Å². The van der Waals surface area contributed by atoms with E-state index in [-0.39, 0.29) is 40.8 Å². The molecular formula is C35H20F12. The Labute approximate surface area is 259 Å². The molecule has 4 aromatic carbocycles. The molecule has 0 spiro atoms. The van der Waals surface area contributed by atoms with E-state index in [1.165, 1.54) is 0 Å². The number of benzene rings is 4. The summed E-state index contributed by atoms with van der Waals surface area (Å²) in [5.74, 6) is -0.806. The quantitative estimate of drug-likeness (QED) is 0.191. The second-order valence-electron chi connectivity index (χ2n) is 11.4. The Kier molecular flexibility index (Phi) is 7.45. The van der Waals surface area contributed by atoms with E-state index in [0.717, 1.165) is 0 Å². The molecule has 1 unspecified atom stereocenters. The molecule has 0 heterocycles. The van der Waals surface area contributed by atoms with Gasteiger partial charge >= 0.3 is 24.7 Å². The lowest BCUT2D eigenvalue weighted by Crippen LogP contribution is -2.12. The van der Waals surface area contributed by atoms with Crippen LogP contribution in [-0.4, -0.2) is 0 Å². The molecule has 0 saturated heterocycles. The molecule has 0 amide bonds. The topological polar surface area (TPSA) is 0 Å². The minimum Gasteiger partial charge on any atom is -0.166 e. The average Bonchev–Trinajstić information content (AvgIpc) is 3.50. The number of allylic oxidation sites excluding steroid dienone is 4. The summed E-state index contributed by atoms with van der Waals surface area (Å²) < 4.78 is 167. The lowest BCUT2D eigenvalue weighted by Gasteiger charge is -2.20. The molecule has 6 rings (SSSR count). The van der Waals surface area contributed by atoms with Crippen LogP contribution in [0.15, 0.2) is 84.9 Å². The molecule has 0 aromatic heterocycles. The molecule has 12 heteroatoms. The standard InChI is InChI=1S/C35H20F12/c1-17-25-7-4-5-9-27(25)31(29(17)20-12-23(34(42,43)44)16-24(13-20)35(45,46)47)30-26-8-3-2-6-18(26)14-28(30)19-10-21(32(36,37)38)15-22(11-19)33(39,40)41/h2-13,15-17H,14H2,1H3. The number of hydrogen-bond donors (Lipinski definition) is 0. The van der Waals surface area contributed by atoms with Gasteiger partial charge in [-0.3, -0.25) is 0 Å². The van der Waals surface area contributed by atoms with Crippen molar-refractivity contribution in [3.8, 4) is 0 Å². The van der Waals surface area contributed by atoms with E-state index in [1.807, 2.05) is 0 Å². The number of fused-ring (bicyclic) bond motifs is 2. The third-order valence-electron chi connectivity index (χ3n) is 8.44. The van der Waals surface area contributed by atoms with Gasteiger partial charge in [0.05, 0.1) is 22.3 Å². The highest BCUT2D eigenvalue weighted by Crippen LogP contribution is 2.57. The highest BCUT2D eigenvalue weighted by molar-refractivity contribution is 6.26. The van der Waals surface area contributed by atoms with Crippen molar-refractivity contribution in [1.82, 2.24) is 0 Å². The van der Waals surface area contributed by atoms with Crippen LogP contribution >= 0.6 is 0 Å². The van der Waals surface area contributed by atoms with E-state index in [9.17, 15) is 52.7 Å². The molecule has 1 atom stereocenters. The molecule has 2 aliphatic carbocycles. The van der Waals surface area contributed by atoms with Gasteiger partial charge in [-0.05, 0) is 98.5 Å². The van der Waals surface area contributed by atoms with Gasteiger partial charge in [0.1, 0.15) is 0 Å². The second kappa shape index (κ2) is 10.8. The minimum atomic E-state index is -5.16. The van der Waals surface area contributed by atoms with Crippen molar-refractivity contribution >= 4 is 22.3 Å². The molecule has 47 heavy (non-hydrogen) atoms. The first kappa shape index (κ1) is 32.5. The van der Waals surface area contributed by atoms with E-state index in [4.69, 9.17) is 0 Å². The smallest absolute Gasteiger partial charge is 0.166 e. The van der Waals surface area contributed by atoms with E-state index >= 15 is 0 Å². The lowest BCUT2D eigenvalue weighted by atomic mass is 9.85. The summed E-state index contributed by atoms with van der Waals surface area (Å²) in [4.78, 5) is 0. The molecule has 0 radical (unpaired) electrons. The Morgan fingerprint density at radius 1 is 0.489 bits per heavy atom. The minimum absolute atomic E-state index is 0.00659. The first-order valence-corrected chi connectivity index (χ1v) is 14.0. The van der Waals surface area contributed by atoms with Crippen molar-refractivity contribution in [1.29, 1.82) is 0 Å². The summed E-state index contributed by atoms with van der Waals surface area (Å²) in [7, 11) is 0. The molecule has 244 valence electrons. The van der Waals surface area contributed by atoms with Crippen LogP contribution in [0.3, 0.4) is 0 Å². The maximum absolute atomic E-state index is 14.0. The zero-order chi connectivity index (χ0) is 34.3. The molecule has 0 fully saturated rings. The fourth-order valence-corrected chi connectivity index (χ4v) is 6.41. The van der Waals surface area contributed by atoms with Crippen LogP contribution < -0.4 is 0 Å². The van der Waals surface area contributed by atoms with Gasteiger partial charge in [0.2, 0.25) is 0 Å². The Morgan fingerprint density at radius 2 is 0.915 bits per heavy atom. The van der Waals surface area contributed by atoms with Gasteiger partial charge in [0, 0.05) is 5.92 Å². The van der Waals surface area contributed by atoms with Crippen LogP contribution in [0.1, 0.15) is 68.5 Å². The Hall–Kier alpha value is -4.48. The van der Waals surface area contributed by atoms with Gasteiger partial charge in [-0.25, -0.2) is 0 Å². The molecule has 0 bridgehead atoms. The fraction of sp³-hybridized carbons (Fsp3) is 0.200. The maximum atomic E-state index is 14.0. The monoisotopic (exact) mass is 668 g/mol. The summed E-state index contributed by atoms with van der Waals surface area (Å²) in [5, 5.41) is 0. The van der Waals surface area contributed by atoms with Crippen LogP contribution in [0, 0.1) is 0 Å². The summed E-state index contributed by atoms with van der Waals surface area (Å²) in [5.41, 5.74) is -5.02. The predicted octanol–water partition coefficient (Wildman–Crippen LogP) is 12.0. The van der Waals surface area contributed by atoms with Crippen molar-refractivity contribution in [2.45, 2.75) is 44.0 Å². The summed E-state index contributed by atoms with van der Waals surface area (Å²) in [6, 6.07) is 15.1. The van der Waals surface area contributed by atoms with E-state index in [0.29, 0.717) is 46.5 Å². The number of rotatable bonds is 3. The maximum Gasteiger partial charge on any atom is 0.416 e. The van der Waals surface area contributed by atoms with Crippen LogP contribution in [0.5, 0.6) is 0 Å². The first-order chi connectivity index (χ1) is 21.7. The van der Waals surface area contributed by atoms with Crippen LogP contribution in [-0.2, 0) is 31.1 Å². The molecule has 0 aliphatic heterocycles. The fourth-order valence-electron chi connectivity index (χ4n) is 6.41. The third kappa shape index (κ3) is 5.82. The zero-order valence-corrected chi connectivity index (χ0v) is 23.9. The van der Waals surface area contributed by atoms with Crippen molar-refractivity contribution in [2.75, 3.05) is 0 Å². The lowest BCUT2D eigenvalue weighted by molar-refractivity contribution is -0.144. The molecule has 0 saturated carbocycles. The third-order valence-corrected chi connectivity index (χ3v) is 8.44. The molecule has 4 aromatic rings. The number of alkyl halides is 12. The number of hydrogen-bond acceptors (Lipinski definition) is 0. The summed E-state index contributed by atoms with van der Waals surface area (Å²) in [6.07, 6.45) is -20.8. The van der Waals surface area contributed by atoms with Crippen LogP contribution in [0.4, 0.5) is 52.7 Å². The van der Waals surface area contributed by atoms with Crippen molar-refractivity contribution in [3.63, 3.8) is 0 Å². The predicted molar refractivity (Wildman–Crippen MR) is 152 cm³/mol. The molecule has 0 nitrogen and oxygen atoms in total. The Balaban J connectivity index is 1.75. The van der Waals surface area contributed by atoms with Gasteiger partial charge in [-0.2, -0.15) is 52.7 Å². The molecule has 0 N–H and O–H groups in total. The highest BCUT2D eigenvalue weighted by atomic mass is 19.4. The van der Waals surface area contributed by atoms with Crippen LogP contribution in [0.25, 0.3) is 22.3 Å². The van der Waals surface area contributed by atoms with Gasteiger partial charge in [-0.1, -0.05) is 55.5 Å².